The average molecular weight is 528 g/mol. The Kier molecular flexibility index (Phi) is 10.1. The van der Waals surface area contributed by atoms with Gasteiger partial charge in [0.2, 0.25) is 0 Å². The van der Waals surface area contributed by atoms with Gasteiger partial charge in [0.15, 0.2) is 0 Å². The van der Waals surface area contributed by atoms with E-state index >= 15 is 0 Å². The van der Waals surface area contributed by atoms with Crippen LogP contribution in [-0.2, 0) is 15.9 Å². The first-order valence-corrected chi connectivity index (χ1v) is 13.6. The van der Waals surface area contributed by atoms with Gasteiger partial charge in [-0.25, -0.2) is 0 Å². The molecule has 200 valence electrons. The summed E-state index contributed by atoms with van der Waals surface area (Å²) >= 11 is 5.96. The van der Waals surface area contributed by atoms with Gasteiger partial charge in [-0.15, -0.1) is 0 Å². The third-order valence-electron chi connectivity index (χ3n) is 7.11. The Hall–Kier alpha value is -2.29. The number of aliphatic hydroxyl groups excluding tert-OH is 1. The van der Waals surface area contributed by atoms with Crippen molar-refractivity contribution < 1.29 is 19.4 Å². The summed E-state index contributed by atoms with van der Waals surface area (Å²) in [7, 11) is 0. The molecule has 0 bridgehead atoms. The molecule has 1 amide bonds. The molecule has 0 radical (unpaired) electrons. The number of benzene rings is 2. The van der Waals surface area contributed by atoms with E-state index in [0.717, 1.165) is 49.0 Å². The molecular weight excluding hydrogens is 490 g/mol. The quantitative estimate of drug-likeness (QED) is 0.428. The highest BCUT2D eigenvalue weighted by Crippen LogP contribution is 2.28. The highest BCUT2D eigenvalue weighted by Gasteiger charge is 2.31. The Bertz CT molecular complexity index is 1060. The smallest absolute Gasteiger partial charge is 0.251 e. The van der Waals surface area contributed by atoms with Gasteiger partial charge < -0.3 is 19.9 Å². The van der Waals surface area contributed by atoms with Crippen molar-refractivity contribution in [2.24, 2.45) is 10.9 Å². The first-order chi connectivity index (χ1) is 18.0. The Morgan fingerprint density at radius 1 is 1.24 bits per heavy atom. The molecule has 2 unspecified atom stereocenters. The molecular formula is C29H38ClN3O4. The summed E-state index contributed by atoms with van der Waals surface area (Å²) in [6.45, 7) is 8.54. The Labute approximate surface area is 224 Å². The number of carbonyl (C=O) groups excluding carboxylic acids is 1. The first kappa shape index (κ1) is 27.7. The number of aryl methyl sites for hydroxylation is 1. The Morgan fingerprint density at radius 2 is 2.03 bits per heavy atom. The monoisotopic (exact) mass is 527 g/mol. The number of ether oxygens (including phenoxy) is 2. The van der Waals surface area contributed by atoms with Gasteiger partial charge in [0, 0.05) is 48.9 Å². The largest absolute Gasteiger partial charge is 0.376 e. The lowest BCUT2D eigenvalue weighted by Gasteiger charge is -2.41. The molecule has 2 aromatic carbocycles. The standard InChI is InChI=1S/C29H38ClN3O4/c1-3-4-5-22-8-11-26(28(34)32-15-25-19-36-12-13-37-25)20(2)27(22)16-31-14-21-17-33(18-21)29(35)23-6-9-24(30)10-7-23/h6-11,16,21,25,29,35H,3-5,12-15,17-19H2,1-2H3,(H,32,34). The molecule has 7 nitrogen and oxygen atoms in total. The summed E-state index contributed by atoms with van der Waals surface area (Å²) in [4.78, 5) is 19.8. The van der Waals surface area contributed by atoms with Crippen molar-refractivity contribution in [3.8, 4) is 0 Å². The van der Waals surface area contributed by atoms with E-state index in [0.29, 0.717) is 49.4 Å². The number of aliphatic imine (C=N–C) groups is 1. The lowest BCUT2D eigenvalue weighted by Crippen LogP contribution is -2.49. The number of carbonyl (C=O) groups is 1. The fourth-order valence-corrected chi connectivity index (χ4v) is 4.94. The van der Waals surface area contributed by atoms with Gasteiger partial charge in [-0.1, -0.05) is 43.1 Å². The van der Waals surface area contributed by atoms with E-state index in [1.807, 2.05) is 36.2 Å². The SMILES string of the molecule is CCCCc1ccc(C(=O)NCC2COCCO2)c(C)c1C=NCC1CN(C(O)c2ccc(Cl)cc2)C1. The highest BCUT2D eigenvalue weighted by atomic mass is 35.5. The molecule has 0 aromatic heterocycles. The van der Waals surface area contributed by atoms with Crippen molar-refractivity contribution in [2.45, 2.75) is 45.4 Å². The minimum Gasteiger partial charge on any atom is -0.376 e. The second-order valence-electron chi connectivity index (χ2n) is 9.93. The molecule has 2 heterocycles. The molecule has 2 aliphatic rings. The number of likely N-dealkylation sites (tertiary alicyclic amines) is 1. The molecule has 2 saturated heterocycles. The zero-order valence-corrected chi connectivity index (χ0v) is 22.5. The third kappa shape index (κ3) is 7.39. The topological polar surface area (TPSA) is 83.4 Å². The maximum atomic E-state index is 13.0. The van der Waals surface area contributed by atoms with E-state index < -0.39 is 6.23 Å². The van der Waals surface area contributed by atoms with E-state index in [-0.39, 0.29) is 12.0 Å². The van der Waals surface area contributed by atoms with Crippen LogP contribution in [0.3, 0.4) is 0 Å². The zero-order chi connectivity index (χ0) is 26.2. The van der Waals surface area contributed by atoms with E-state index in [9.17, 15) is 9.90 Å². The van der Waals surface area contributed by atoms with Gasteiger partial charge in [0.05, 0.1) is 25.9 Å². The number of amides is 1. The van der Waals surface area contributed by atoms with E-state index in [1.54, 1.807) is 12.1 Å². The van der Waals surface area contributed by atoms with Crippen LogP contribution < -0.4 is 5.32 Å². The second kappa shape index (κ2) is 13.5. The summed E-state index contributed by atoms with van der Waals surface area (Å²) in [5.41, 5.74) is 4.72. The van der Waals surface area contributed by atoms with Crippen molar-refractivity contribution in [2.75, 3.05) is 46.0 Å². The third-order valence-corrected chi connectivity index (χ3v) is 7.36. The Balaban J connectivity index is 1.36. The van der Waals surface area contributed by atoms with Crippen LogP contribution in [-0.4, -0.2) is 74.2 Å². The molecule has 37 heavy (non-hydrogen) atoms. The number of nitrogens with one attached hydrogen (secondary N) is 1. The lowest BCUT2D eigenvalue weighted by molar-refractivity contribution is -0.0855. The van der Waals surface area contributed by atoms with E-state index in [4.69, 9.17) is 26.1 Å². The van der Waals surface area contributed by atoms with Gasteiger partial charge in [-0.3, -0.25) is 14.7 Å². The number of hydrogen-bond donors (Lipinski definition) is 2. The molecule has 2 N–H and O–H groups in total. The van der Waals surface area contributed by atoms with Crippen LogP contribution in [0.15, 0.2) is 41.4 Å². The molecule has 8 heteroatoms. The summed E-state index contributed by atoms with van der Waals surface area (Å²) in [6.07, 6.45) is 4.36. The maximum Gasteiger partial charge on any atom is 0.251 e. The number of hydrogen-bond acceptors (Lipinski definition) is 6. The van der Waals surface area contributed by atoms with E-state index in [2.05, 4.69) is 18.3 Å². The number of nitrogens with zero attached hydrogens (tertiary/aromatic N) is 2. The Morgan fingerprint density at radius 3 is 2.73 bits per heavy atom. The van der Waals surface area contributed by atoms with Crippen LogP contribution in [0.25, 0.3) is 0 Å². The maximum absolute atomic E-state index is 13.0. The van der Waals surface area contributed by atoms with Crippen LogP contribution in [0.4, 0.5) is 0 Å². The number of rotatable bonds is 11. The highest BCUT2D eigenvalue weighted by molar-refractivity contribution is 6.30. The van der Waals surface area contributed by atoms with Crippen molar-refractivity contribution in [3.05, 3.63) is 69.2 Å². The average Bonchev–Trinajstić information content (AvgIpc) is 2.89. The van der Waals surface area contributed by atoms with Crippen molar-refractivity contribution in [1.29, 1.82) is 0 Å². The van der Waals surface area contributed by atoms with Crippen molar-refractivity contribution >= 4 is 23.7 Å². The number of aliphatic hydroxyl groups is 1. The fourth-order valence-electron chi connectivity index (χ4n) is 4.82. The van der Waals surface area contributed by atoms with Gasteiger partial charge in [0.1, 0.15) is 6.23 Å². The van der Waals surface area contributed by atoms with Crippen LogP contribution >= 0.6 is 11.6 Å². The molecule has 0 saturated carbocycles. The van der Waals surface area contributed by atoms with Crippen LogP contribution in [0, 0.1) is 12.8 Å². The van der Waals surface area contributed by atoms with Crippen LogP contribution in [0.2, 0.25) is 5.02 Å². The minimum absolute atomic E-state index is 0.103. The number of halogens is 1. The molecule has 0 aliphatic carbocycles. The van der Waals surface area contributed by atoms with Gasteiger partial charge in [-0.05, 0) is 60.2 Å². The predicted octanol–water partition coefficient (Wildman–Crippen LogP) is 4.18. The summed E-state index contributed by atoms with van der Waals surface area (Å²) in [5, 5.41) is 14.3. The van der Waals surface area contributed by atoms with Gasteiger partial charge in [0.25, 0.3) is 5.91 Å². The van der Waals surface area contributed by atoms with Crippen LogP contribution in [0.5, 0.6) is 0 Å². The number of unbranched alkanes of at least 4 members (excludes halogenated alkanes) is 1. The van der Waals surface area contributed by atoms with Gasteiger partial charge >= 0.3 is 0 Å². The lowest BCUT2D eigenvalue weighted by atomic mass is 9.94. The first-order valence-electron chi connectivity index (χ1n) is 13.2. The molecule has 2 aliphatic heterocycles. The molecule has 0 spiro atoms. The molecule has 4 rings (SSSR count). The summed E-state index contributed by atoms with van der Waals surface area (Å²) in [5.74, 6) is 0.288. The molecule has 2 atom stereocenters. The van der Waals surface area contributed by atoms with Crippen LogP contribution in [0.1, 0.15) is 58.6 Å². The molecule has 2 fully saturated rings. The second-order valence-corrected chi connectivity index (χ2v) is 10.4. The predicted molar refractivity (Wildman–Crippen MR) is 147 cm³/mol. The van der Waals surface area contributed by atoms with Gasteiger partial charge in [-0.2, -0.15) is 0 Å². The van der Waals surface area contributed by atoms with E-state index in [1.165, 1.54) is 5.56 Å². The van der Waals surface area contributed by atoms with Crippen molar-refractivity contribution in [3.63, 3.8) is 0 Å². The van der Waals surface area contributed by atoms with Crippen molar-refractivity contribution in [1.82, 2.24) is 10.2 Å². The molecule has 2 aromatic rings. The minimum atomic E-state index is -0.624. The normalized spacial score (nSPS) is 19.6. The summed E-state index contributed by atoms with van der Waals surface area (Å²) < 4.78 is 11.1. The fraction of sp³-hybridized carbons (Fsp3) is 0.517. The zero-order valence-electron chi connectivity index (χ0n) is 21.8. The summed E-state index contributed by atoms with van der Waals surface area (Å²) in [6, 6.07) is 11.3.